The van der Waals surface area contributed by atoms with Crippen LogP contribution in [0.1, 0.15) is 30.5 Å². The van der Waals surface area contributed by atoms with Crippen molar-refractivity contribution in [1.29, 1.82) is 0 Å². The van der Waals surface area contributed by atoms with Gasteiger partial charge in [0.1, 0.15) is 5.82 Å². The smallest absolute Gasteiger partial charge is 0.126 e. The van der Waals surface area contributed by atoms with Crippen molar-refractivity contribution >= 4 is 17.4 Å². The summed E-state index contributed by atoms with van der Waals surface area (Å²) in [5.41, 5.74) is 8.09. The van der Waals surface area contributed by atoms with Crippen LogP contribution in [0.4, 0.5) is 5.82 Å². The van der Waals surface area contributed by atoms with E-state index in [2.05, 4.69) is 23.3 Å². The van der Waals surface area contributed by atoms with Crippen LogP contribution in [0, 0.1) is 0 Å². The van der Waals surface area contributed by atoms with Gasteiger partial charge in [0, 0.05) is 17.3 Å². The molecule has 0 aliphatic heterocycles. The van der Waals surface area contributed by atoms with E-state index in [0.29, 0.717) is 5.82 Å². The van der Waals surface area contributed by atoms with Gasteiger partial charge in [0.15, 0.2) is 0 Å². The topological polar surface area (TPSA) is 50.9 Å². The molecule has 3 nitrogen and oxygen atoms in total. The molecule has 4 heteroatoms. The number of hydrogen-bond acceptors (Lipinski definition) is 3. The fourth-order valence-electron chi connectivity index (χ4n) is 2.21. The van der Waals surface area contributed by atoms with Crippen LogP contribution in [-0.2, 0) is 6.42 Å². The summed E-state index contributed by atoms with van der Waals surface area (Å²) in [6.45, 7) is 3.09. The summed E-state index contributed by atoms with van der Waals surface area (Å²) in [6, 6.07) is 12.0. The quantitative estimate of drug-likeness (QED) is 0.854. The molecule has 0 saturated carbocycles. The number of pyridine rings is 1. The summed E-state index contributed by atoms with van der Waals surface area (Å²) in [5.74, 6) is 0.586. The molecule has 0 aliphatic rings. The molecule has 20 heavy (non-hydrogen) atoms. The minimum Gasteiger partial charge on any atom is -0.383 e. The summed E-state index contributed by atoms with van der Waals surface area (Å²) in [4.78, 5) is 4.15. The summed E-state index contributed by atoms with van der Waals surface area (Å²) >= 11 is 6.32. The van der Waals surface area contributed by atoms with Gasteiger partial charge in [-0.1, -0.05) is 42.8 Å². The predicted octanol–water partition coefficient (Wildman–Crippen LogP) is 3.60. The highest BCUT2D eigenvalue weighted by Crippen LogP contribution is 2.26. The van der Waals surface area contributed by atoms with Crippen molar-refractivity contribution in [3.8, 4) is 0 Å². The molecular formula is C16H20ClN3. The Morgan fingerprint density at radius 1 is 1.25 bits per heavy atom. The number of nitrogen functional groups attached to an aromatic ring is 1. The Kier molecular flexibility index (Phi) is 5.39. The zero-order valence-electron chi connectivity index (χ0n) is 11.6. The first kappa shape index (κ1) is 14.8. The van der Waals surface area contributed by atoms with Crippen molar-refractivity contribution in [2.24, 2.45) is 0 Å². The number of aromatic nitrogens is 1. The molecule has 106 valence electrons. The summed E-state index contributed by atoms with van der Waals surface area (Å²) < 4.78 is 0. The van der Waals surface area contributed by atoms with Crippen LogP contribution in [0.5, 0.6) is 0 Å². The van der Waals surface area contributed by atoms with Crippen LogP contribution in [0.3, 0.4) is 0 Å². The molecule has 1 aromatic carbocycles. The van der Waals surface area contributed by atoms with Gasteiger partial charge in [-0.15, -0.1) is 0 Å². The lowest BCUT2D eigenvalue weighted by Crippen LogP contribution is -2.24. The van der Waals surface area contributed by atoms with E-state index < -0.39 is 0 Å². The fraction of sp³-hybridized carbons (Fsp3) is 0.312. The van der Waals surface area contributed by atoms with Crippen LogP contribution in [-0.4, -0.2) is 11.5 Å². The fourth-order valence-corrected chi connectivity index (χ4v) is 2.48. The average Bonchev–Trinajstić information content (AvgIpc) is 2.46. The number of hydrogen-bond donors (Lipinski definition) is 2. The van der Waals surface area contributed by atoms with Gasteiger partial charge >= 0.3 is 0 Å². The average molecular weight is 290 g/mol. The van der Waals surface area contributed by atoms with Crippen LogP contribution < -0.4 is 11.1 Å². The maximum Gasteiger partial charge on any atom is 0.126 e. The molecule has 2 aromatic rings. The molecule has 0 bridgehead atoms. The second kappa shape index (κ2) is 7.27. The normalized spacial score (nSPS) is 12.3. The molecule has 0 amide bonds. The summed E-state index contributed by atoms with van der Waals surface area (Å²) in [6.07, 6.45) is 3.57. The number of anilines is 1. The van der Waals surface area contributed by atoms with E-state index in [-0.39, 0.29) is 6.04 Å². The van der Waals surface area contributed by atoms with Crippen molar-refractivity contribution in [3.05, 3.63) is 58.7 Å². The van der Waals surface area contributed by atoms with Gasteiger partial charge < -0.3 is 11.1 Å². The second-order valence-corrected chi connectivity index (χ2v) is 5.19. The molecule has 2 rings (SSSR count). The molecule has 0 spiro atoms. The van der Waals surface area contributed by atoms with E-state index in [1.54, 1.807) is 6.20 Å². The Labute approximate surface area is 125 Å². The third kappa shape index (κ3) is 3.71. The Morgan fingerprint density at radius 2 is 2.05 bits per heavy atom. The number of rotatable bonds is 6. The molecule has 0 radical (unpaired) electrons. The van der Waals surface area contributed by atoms with Crippen molar-refractivity contribution in [1.82, 2.24) is 10.3 Å². The molecule has 1 heterocycles. The lowest BCUT2D eigenvalue weighted by Gasteiger charge is -2.20. The van der Waals surface area contributed by atoms with Crippen molar-refractivity contribution in [2.75, 3.05) is 12.3 Å². The highest BCUT2D eigenvalue weighted by molar-refractivity contribution is 6.31. The van der Waals surface area contributed by atoms with E-state index >= 15 is 0 Å². The van der Waals surface area contributed by atoms with E-state index in [4.69, 9.17) is 17.3 Å². The van der Waals surface area contributed by atoms with Gasteiger partial charge in [0.2, 0.25) is 0 Å². The third-order valence-corrected chi connectivity index (χ3v) is 3.62. The zero-order valence-corrected chi connectivity index (χ0v) is 12.4. The highest BCUT2D eigenvalue weighted by Gasteiger charge is 2.15. The van der Waals surface area contributed by atoms with Crippen molar-refractivity contribution < 1.29 is 0 Å². The molecule has 0 fully saturated rings. The van der Waals surface area contributed by atoms with Gasteiger partial charge in [-0.25, -0.2) is 4.98 Å². The number of nitrogens with zero attached hydrogens (tertiary/aromatic N) is 1. The largest absolute Gasteiger partial charge is 0.383 e. The minimum absolute atomic E-state index is 0.148. The molecule has 1 aromatic heterocycles. The maximum absolute atomic E-state index is 6.32. The van der Waals surface area contributed by atoms with Gasteiger partial charge in [0.25, 0.3) is 0 Å². The third-order valence-electron chi connectivity index (χ3n) is 3.27. The van der Waals surface area contributed by atoms with E-state index in [0.717, 1.165) is 35.5 Å². The van der Waals surface area contributed by atoms with E-state index in [1.165, 1.54) is 0 Å². The number of nitrogens with two attached hydrogens (primary N) is 1. The van der Waals surface area contributed by atoms with Crippen LogP contribution in [0.2, 0.25) is 5.02 Å². The molecule has 1 unspecified atom stereocenters. The highest BCUT2D eigenvalue weighted by atomic mass is 35.5. The zero-order chi connectivity index (χ0) is 14.4. The van der Waals surface area contributed by atoms with Crippen molar-refractivity contribution in [3.63, 3.8) is 0 Å². The lowest BCUT2D eigenvalue weighted by atomic mass is 9.99. The molecule has 3 N–H and O–H groups in total. The Balaban J connectivity index is 2.24. The number of halogens is 1. The molecular weight excluding hydrogens is 270 g/mol. The number of benzene rings is 1. The predicted molar refractivity (Wildman–Crippen MR) is 84.8 cm³/mol. The van der Waals surface area contributed by atoms with Crippen LogP contribution >= 0.6 is 11.6 Å². The van der Waals surface area contributed by atoms with E-state index in [1.807, 2.05) is 30.3 Å². The number of nitrogens with one attached hydrogen (secondary N) is 1. The summed E-state index contributed by atoms with van der Waals surface area (Å²) in [7, 11) is 0. The van der Waals surface area contributed by atoms with Crippen molar-refractivity contribution in [2.45, 2.75) is 25.8 Å². The first-order chi connectivity index (χ1) is 9.72. The van der Waals surface area contributed by atoms with Gasteiger partial charge in [0.05, 0.1) is 0 Å². The first-order valence-electron chi connectivity index (χ1n) is 6.89. The van der Waals surface area contributed by atoms with Gasteiger partial charge in [-0.05, 0) is 42.6 Å². The Bertz CT molecular complexity index is 557. The molecule has 0 aliphatic carbocycles. The Hall–Kier alpha value is -1.58. The minimum atomic E-state index is 0.148. The van der Waals surface area contributed by atoms with E-state index in [9.17, 15) is 0 Å². The van der Waals surface area contributed by atoms with Crippen LogP contribution in [0.25, 0.3) is 0 Å². The van der Waals surface area contributed by atoms with Gasteiger partial charge in [-0.3, -0.25) is 0 Å². The monoisotopic (exact) mass is 289 g/mol. The Morgan fingerprint density at radius 3 is 2.75 bits per heavy atom. The second-order valence-electron chi connectivity index (χ2n) is 4.78. The van der Waals surface area contributed by atoms with Gasteiger partial charge in [-0.2, -0.15) is 0 Å². The summed E-state index contributed by atoms with van der Waals surface area (Å²) in [5, 5.41) is 4.32. The lowest BCUT2D eigenvalue weighted by molar-refractivity contribution is 0.529. The maximum atomic E-state index is 6.32. The van der Waals surface area contributed by atoms with Crippen LogP contribution in [0.15, 0.2) is 42.6 Å². The SMILES string of the molecule is CCCNC(Cc1cccnc1N)c1ccccc1Cl. The standard InChI is InChI=1S/C16H20ClN3/c1-2-9-19-15(13-7-3-4-8-14(13)17)11-12-6-5-10-20-16(12)18/h3-8,10,15,19H,2,9,11H2,1H3,(H2,18,20). The molecule has 1 atom stereocenters. The first-order valence-corrected chi connectivity index (χ1v) is 7.27. The molecule has 0 saturated heterocycles.